The van der Waals surface area contributed by atoms with Gasteiger partial charge >= 0.3 is 0 Å². The van der Waals surface area contributed by atoms with Gasteiger partial charge in [0, 0.05) is 25.5 Å². The molecule has 2 aliphatic rings. The van der Waals surface area contributed by atoms with Gasteiger partial charge in [-0.3, -0.25) is 9.20 Å². The van der Waals surface area contributed by atoms with Crippen LogP contribution >= 0.6 is 11.6 Å². The lowest BCUT2D eigenvalue weighted by Crippen LogP contribution is -2.43. The Hall–Kier alpha value is -2.67. The molecule has 1 atom stereocenters. The number of piperidine rings is 1. The largest absolute Gasteiger partial charge is 0.369 e. The topological polar surface area (TPSA) is 89.4 Å². The molecule has 7 nitrogen and oxygen atoms in total. The molecule has 3 aromatic heterocycles. The predicted octanol–water partition coefficient (Wildman–Crippen LogP) is 2.93. The maximum Gasteiger partial charge on any atom is 0.223 e. The molecular formula is C20H21ClN6O. The molecule has 1 unspecified atom stereocenters. The summed E-state index contributed by atoms with van der Waals surface area (Å²) in [4.78, 5) is 27.8. The molecule has 1 aliphatic heterocycles. The lowest BCUT2D eigenvalue weighted by molar-refractivity contribution is -0.125. The summed E-state index contributed by atoms with van der Waals surface area (Å²) in [6.45, 7) is 1.72. The maximum atomic E-state index is 11.9. The Morgan fingerprint density at radius 3 is 2.89 bits per heavy atom. The summed E-state index contributed by atoms with van der Waals surface area (Å²) in [7, 11) is 0. The zero-order chi connectivity index (χ0) is 19.3. The van der Waals surface area contributed by atoms with Gasteiger partial charge in [-0.05, 0) is 49.8 Å². The van der Waals surface area contributed by atoms with Crippen LogP contribution in [0.15, 0.2) is 36.8 Å². The van der Waals surface area contributed by atoms with E-state index >= 15 is 0 Å². The first-order valence-electron chi connectivity index (χ1n) is 9.58. The molecule has 3 aromatic rings. The quantitative estimate of drug-likeness (QED) is 0.732. The number of aromatic nitrogens is 4. The Balaban J connectivity index is 1.45. The van der Waals surface area contributed by atoms with Crippen LogP contribution in [0.1, 0.15) is 25.7 Å². The predicted molar refractivity (Wildman–Crippen MR) is 107 cm³/mol. The molecule has 8 heteroatoms. The van der Waals surface area contributed by atoms with Gasteiger partial charge in [0.2, 0.25) is 5.91 Å². The van der Waals surface area contributed by atoms with Crippen molar-refractivity contribution in [3.05, 3.63) is 41.8 Å². The fourth-order valence-electron chi connectivity index (χ4n) is 4.40. The fraction of sp³-hybridized carbons (Fsp3) is 0.400. The highest BCUT2D eigenvalue weighted by Gasteiger charge is 2.54. The highest BCUT2D eigenvalue weighted by molar-refractivity contribution is 6.30. The number of amides is 1. The van der Waals surface area contributed by atoms with Crippen LogP contribution in [0.5, 0.6) is 0 Å². The van der Waals surface area contributed by atoms with Crippen molar-refractivity contribution < 1.29 is 4.79 Å². The lowest BCUT2D eigenvalue weighted by Gasteiger charge is -2.36. The van der Waals surface area contributed by atoms with Gasteiger partial charge in [-0.15, -0.1) is 0 Å². The molecule has 1 aliphatic carbocycles. The fourth-order valence-corrected chi connectivity index (χ4v) is 4.56. The summed E-state index contributed by atoms with van der Waals surface area (Å²) < 4.78 is 1.90. The SMILES string of the molecule is NC(=O)C1(C2CCCN(c3ccnc(-c4cnc5ccc(Cl)cn45)n3)C2)CC1. The number of primary amides is 1. The first-order valence-corrected chi connectivity index (χ1v) is 9.95. The van der Waals surface area contributed by atoms with Gasteiger partial charge in [-0.2, -0.15) is 0 Å². The van der Waals surface area contributed by atoms with Crippen molar-refractivity contribution in [2.45, 2.75) is 25.7 Å². The van der Waals surface area contributed by atoms with E-state index in [9.17, 15) is 4.79 Å². The van der Waals surface area contributed by atoms with E-state index in [1.165, 1.54) is 0 Å². The molecule has 2 N–H and O–H groups in total. The zero-order valence-electron chi connectivity index (χ0n) is 15.4. The molecule has 0 aromatic carbocycles. The van der Waals surface area contributed by atoms with Gasteiger partial charge in [0.05, 0.1) is 16.6 Å². The van der Waals surface area contributed by atoms with E-state index in [4.69, 9.17) is 22.3 Å². The van der Waals surface area contributed by atoms with Crippen molar-refractivity contribution >= 4 is 29.0 Å². The van der Waals surface area contributed by atoms with Crippen molar-refractivity contribution in [3.8, 4) is 11.5 Å². The standard InChI is InChI=1S/C20H21ClN6O/c21-14-3-4-16-24-10-15(27(16)12-14)18-23-8-5-17(25-18)26-9-1-2-13(11-26)20(6-7-20)19(22)28/h3-5,8,10,12-13H,1-2,6-7,9,11H2,(H2,22,28). The van der Waals surface area contributed by atoms with Crippen molar-refractivity contribution in [2.24, 2.45) is 17.1 Å². The second kappa shape index (κ2) is 6.44. The number of imidazole rings is 1. The van der Waals surface area contributed by atoms with Crippen LogP contribution in [0.3, 0.4) is 0 Å². The Bertz CT molecular complexity index is 1060. The minimum absolute atomic E-state index is 0.148. The number of hydrogen-bond donors (Lipinski definition) is 1. The number of halogens is 1. The highest BCUT2D eigenvalue weighted by atomic mass is 35.5. The van der Waals surface area contributed by atoms with Crippen molar-refractivity contribution in [1.82, 2.24) is 19.4 Å². The minimum Gasteiger partial charge on any atom is -0.369 e. The van der Waals surface area contributed by atoms with E-state index in [0.717, 1.165) is 55.9 Å². The third-order valence-corrected chi connectivity index (χ3v) is 6.37. The number of nitrogens with two attached hydrogens (primary N) is 1. The lowest BCUT2D eigenvalue weighted by atomic mass is 9.82. The molecule has 0 bridgehead atoms. The van der Waals surface area contributed by atoms with E-state index in [1.54, 1.807) is 12.4 Å². The number of pyridine rings is 1. The van der Waals surface area contributed by atoms with E-state index in [1.807, 2.05) is 28.8 Å². The van der Waals surface area contributed by atoms with Gasteiger partial charge in [-0.1, -0.05) is 11.6 Å². The summed E-state index contributed by atoms with van der Waals surface area (Å²) >= 11 is 6.14. The number of hydrogen-bond acceptors (Lipinski definition) is 5. The highest BCUT2D eigenvalue weighted by Crippen LogP contribution is 2.54. The number of fused-ring (bicyclic) bond motifs is 1. The van der Waals surface area contributed by atoms with Gasteiger partial charge < -0.3 is 10.6 Å². The van der Waals surface area contributed by atoms with Crippen LogP contribution in [-0.2, 0) is 4.79 Å². The monoisotopic (exact) mass is 396 g/mol. The third-order valence-electron chi connectivity index (χ3n) is 6.15. The van der Waals surface area contributed by atoms with Gasteiger partial charge in [0.25, 0.3) is 0 Å². The van der Waals surface area contributed by atoms with Gasteiger partial charge in [0.15, 0.2) is 5.82 Å². The summed E-state index contributed by atoms with van der Waals surface area (Å²) in [6, 6.07) is 5.60. The Labute approximate surface area is 167 Å². The number of carbonyl (C=O) groups excluding carboxylic acids is 1. The number of anilines is 1. The summed E-state index contributed by atoms with van der Waals surface area (Å²) in [6.07, 6.45) is 9.25. The molecule has 1 saturated carbocycles. The van der Waals surface area contributed by atoms with Crippen LogP contribution in [0.25, 0.3) is 17.2 Å². The zero-order valence-corrected chi connectivity index (χ0v) is 16.1. The second-order valence-corrected chi connectivity index (χ2v) is 8.20. The Kier molecular flexibility index (Phi) is 4.01. The molecule has 144 valence electrons. The minimum atomic E-state index is -0.299. The molecule has 4 heterocycles. The number of nitrogens with zero attached hydrogens (tertiary/aromatic N) is 5. The summed E-state index contributed by atoms with van der Waals surface area (Å²) in [5.41, 5.74) is 6.99. The molecule has 2 fully saturated rings. The summed E-state index contributed by atoms with van der Waals surface area (Å²) in [5, 5.41) is 0.628. The first kappa shape index (κ1) is 17.4. The first-order chi connectivity index (χ1) is 13.6. The molecule has 1 saturated heterocycles. The van der Waals surface area contributed by atoms with Crippen molar-refractivity contribution in [2.75, 3.05) is 18.0 Å². The van der Waals surface area contributed by atoms with Crippen LogP contribution in [0.4, 0.5) is 5.82 Å². The normalized spacial score (nSPS) is 21.0. The van der Waals surface area contributed by atoms with Crippen molar-refractivity contribution in [3.63, 3.8) is 0 Å². The summed E-state index contributed by atoms with van der Waals surface area (Å²) in [5.74, 6) is 1.62. The van der Waals surface area contributed by atoms with E-state index < -0.39 is 0 Å². The van der Waals surface area contributed by atoms with Crippen LogP contribution < -0.4 is 10.6 Å². The number of carbonyl (C=O) groups is 1. The average Bonchev–Trinajstić information content (AvgIpc) is 3.43. The van der Waals surface area contributed by atoms with Gasteiger partial charge in [-0.25, -0.2) is 15.0 Å². The number of rotatable bonds is 4. The smallest absolute Gasteiger partial charge is 0.223 e. The molecule has 0 radical (unpaired) electrons. The Morgan fingerprint density at radius 1 is 1.25 bits per heavy atom. The second-order valence-electron chi connectivity index (χ2n) is 7.76. The van der Waals surface area contributed by atoms with E-state index in [-0.39, 0.29) is 11.3 Å². The van der Waals surface area contributed by atoms with Crippen LogP contribution in [0.2, 0.25) is 5.02 Å². The van der Waals surface area contributed by atoms with Crippen molar-refractivity contribution in [1.29, 1.82) is 0 Å². The van der Waals surface area contributed by atoms with Crippen LogP contribution in [-0.4, -0.2) is 38.3 Å². The Morgan fingerprint density at radius 2 is 2.11 bits per heavy atom. The van der Waals surface area contributed by atoms with E-state index in [2.05, 4.69) is 14.9 Å². The molecule has 0 spiro atoms. The maximum absolute atomic E-state index is 11.9. The van der Waals surface area contributed by atoms with E-state index in [0.29, 0.717) is 16.8 Å². The van der Waals surface area contributed by atoms with Crippen LogP contribution in [0, 0.1) is 11.3 Å². The third kappa shape index (κ3) is 2.81. The molecule has 1 amide bonds. The molecular weight excluding hydrogens is 376 g/mol. The molecule has 5 rings (SSSR count). The van der Waals surface area contributed by atoms with Gasteiger partial charge in [0.1, 0.15) is 17.2 Å². The molecule has 28 heavy (non-hydrogen) atoms. The average molecular weight is 397 g/mol.